The number of carbonyl (C=O) groups excluding carboxylic acids is 10. The molecule has 21 heteroatoms. The number of fused-ring (bicyclic) bond motifs is 4. The number of nitrogens with one attached hydrogen (secondary N) is 3. The van der Waals surface area contributed by atoms with Crippen LogP contribution in [0.5, 0.6) is 11.5 Å². The van der Waals surface area contributed by atoms with Crippen molar-refractivity contribution in [2.45, 2.75) is 141 Å². The van der Waals surface area contributed by atoms with Crippen LogP contribution in [0.15, 0.2) is 115 Å². The quantitative estimate of drug-likeness (QED) is 0.0724. The molecule has 21 nitrogen and oxygen atoms in total. The summed E-state index contributed by atoms with van der Waals surface area (Å²) in [5.41, 5.74) is 0.888. The smallest absolute Gasteiger partial charge is 0.330 e. The van der Waals surface area contributed by atoms with Crippen molar-refractivity contribution < 1.29 is 67.6 Å². The lowest BCUT2D eigenvalue weighted by Gasteiger charge is -2.36. The fourth-order valence-electron chi connectivity index (χ4n) is 11.1. The van der Waals surface area contributed by atoms with Crippen molar-refractivity contribution in [3.05, 3.63) is 138 Å². The summed E-state index contributed by atoms with van der Waals surface area (Å²) in [4.78, 5) is 147. The van der Waals surface area contributed by atoms with Gasteiger partial charge in [0.1, 0.15) is 42.9 Å². The Morgan fingerprint density at radius 2 is 1.34 bits per heavy atom. The van der Waals surface area contributed by atoms with Crippen molar-refractivity contribution >= 4 is 64.8 Å². The van der Waals surface area contributed by atoms with Gasteiger partial charge in [0, 0.05) is 64.8 Å². The first-order chi connectivity index (χ1) is 41.5. The number of rotatable bonds is 8. The Hall–Kier alpha value is -8.88. The van der Waals surface area contributed by atoms with E-state index in [9.17, 15) is 58.2 Å². The van der Waals surface area contributed by atoms with E-state index in [0.29, 0.717) is 54.4 Å². The molecule has 5 N–H and O–H groups in total. The van der Waals surface area contributed by atoms with E-state index >= 15 is 0 Å². The number of phenolic OH excluding ortho intramolecular Hbond substituents is 2. The van der Waals surface area contributed by atoms with Crippen LogP contribution in [0, 0.1) is 11.3 Å². The van der Waals surface area contributed by atoms with E-state index in [2.05, 4.69) is 16.0 Å². The Morgan fingerprint density at radius 3 is 2.06 bits per heavy atom. The number of esters is 2. The standard InChI is InChI=1S/C66H81N7O14/c1-42(2)37-51-62(82)70(5)34-15-14-27-57(78)86-41-66(3,4)59(79)64(84)73-35-16-13-25-50(73)65(85)87-54(31-29-44-28-30-52(74)53(75)39-44)46-23-17-24-47(40-46)67-55(76)32-33-56(77)69-58(45-21-11-8-12-22-45)60(80)68-48(38-43-19-9-7-10-20-43)61(81)72-36-18-26-49(72)63(83)71(51)6/h7-12,14,17,19-24,27-28,30,39-40,42,48-51,54,58,74-75H,13,15-16,18,25-26,29,31-38,41H2,1-6H3,(H,67,76)(H,68,80)(H,69,77)/b27-14+/t48-,49-,50?,51-,54+,58-/m0/s1. The zero-order chi connectivity index (χ0) is 63.0. The highest BCUT2D eigenvalue weighted by Gasteiger charge is 2.44. The fourth-order valence-corrected chi connectivity index (χ4v) is 11.1. The molecule has 7 rings (SSSR count). The predicted molar refractivity (Wildman–Crippen MR) is 322 cm³/mol. The number of likely N-dealkylation sites (N-methyl/N-ethyl adjacent to an activating group) is 2. The zero-order valence-electron chi connectivity index (χ0n) is 50.4. The molecular weight excluding hydrogens is 1110 g/mol. The van der Waals surface area contributed by atoms with E-state index in [1.165, 1.54) is 51.7 Å². The number of ether oxygens (including phenoxy) is 2. The Labute approximate surface area is 507 Å². The van der Waals surface area contributed by atoms with E-state index < -0.39 is 101 Å². The molecule has 4 aromatic rings. The van der Waals surface area contributed by atoms with Gasteiger partial charge in [-0.25, -0.2) is 9.59 Å². The van der Waals surface area contributed by atoms with Crippen LogP contribution in [0.4, 0.5) is 5.69 Å². The number of Topliss-reactive ketones (excluding diaryl/α,β-unsaturated/α-hetero) is 1. The first-order valence-electron chi connectivity index (χ1n) is 29.8. The molecule has 0 aromatic heterocycles. The number of anilines is 1. The van der Waals surface area contributed by atoms with Crippen molar-refractivity contribution in [2.24, 2.45) is 11.3 Å². The van der Waals surface area contributed by atoms with E-state index in [1.807, 2.05) is 32.0 Å². The van der Waals surface area contributed by atoms with Gasteiger partial charge in [0.05, 0.1) is 5.41 Å². The van der Waals surface area contributed by atoms with Gasteiger partial charge in [0.2, 0.25) is 41.2 Å². The van der Waals surface area contributed by atoms with Crippen LogP contribution in [0.2, 0.25) is 0 Å². The maximum atomic E-state index is 15.0. The maximum absolute atomic E-state index is 15.0. The first kappa shape index (κ1) is 65.7. The number of hydrogen-bond donors (Lipinski definition) is 5. The molecule has 6 atom stereocenters. The second kappa shape index (κ2) is 30.5. The number of phenols is 2. The third kappa shape index (κ3) is 17.9. The third-order valence-corrected chi connectivity index (χ3v) is 16.0. The number of cyclic esters (lactones) is 2. The summed E-state index contributed by atoms with van der Waals surface area (Å²) in [6, 6.07) is 22.6. The number of carbonyl (C=O) groups is 10. The minimum Gasteiger partial charge on any atom is -0.504 e. The lowest BCUT2D eigenvalue weighted by atomic mass is 9.87. The van der Waals surface area contributed by atoms with Gasteiger partial charge >= 0.3 is 11.9 Å². The van der Waals surface area contributed by atoms with Gasteiger partial charge < -0.3 is 55.2 Å². The number of ketones is 1. The van der Waals surface area contributed by atoms with Crippen LogP contribution in [-0.4, -0.2) is 153 Å². The van der Waals surface area contributed by atoms with Gasteiger partial charge in [0.25, 0.3) is 5.91 Å². The average Bonchev–Trinajstić information content (AvgIpc) is 3.37. The molecule has 3 aliphatic heterocycles. The fraction of sp³-hybridized carbons (Fsp3) is 0.455. The highest BCUT2D eigenvalue weighted by molar-refractivity contribution is 6.38. The molecule has 87 heavy (non-hydrogen) atoms. The average molecular weight is 1200 g/mol. The van der Waals surface area contributed by atoms with Crippen molar-refractivity contribution in [1.29, 1.82) is 0 Å². The van der Waals surface area contributed by atoms with Crippen LogP contribution >= 0.6 is 0 Å². The van der Waals surface area contributed by atoms with E-state index in [0.717, 1.165) is 6.08 Å². The molecule has 3 heterocycles. The largest absolute Gasteiger partial charge is 0.504 e. The summed E-state index contributed by atoms with van der Waals surface area (Å²) >= 11 is 0. The monoisotopic (exact) mass is 1200 g/mol. The van der Waals surface area contributed by atoms with Gasteiger partial charge in [-0.15, -0.1) is 0 Å². The molecule has 1 unspecified atom stereocenters. The second-order valence-corrected chi connectivity index (χ2v) is 23.7. The number of amides is 7. The topological polar surface area (TPSA) is 279 Å². The maximum Gasteiger partial charge on any atom is 0.330 e. The molecule has 2 bridgehead atoms. The van der Waals surface area contributed by atoms with Crippen molar-refractivity contribution in [3.8, 4) is 11.5 Å². The lowest BCUT2D eigenvalue weighted by Crippen LogP contribution is -2.58. The SMILES string of the molecule is CC(C)C[C@H]1C(=O)N(C)CC/C=C/C(=O)OCC(C)(C)C(=O)C(=O)N2CCCCC2C(=O)O[C@H](CCc2ccc(O)c(O)c2)c2cccc(c2)NC(=O)CCC(=O)N[C@@H](c2ccccc2)C(=O)N[C@@H](Cc2ccccc2)C(=O)N2CCC[C@H]2C(=O)N1C. The van der Waals surface area contributed by atoms with Gasteiger partial charge in [-0.2, -0.15) is 0 Å². The first-order valence-corrected chi connectivity index (χ1v) is 29.8. The van der Waals surface area contributed by atoms with Crippen LogP contribution in [0.1, 0.15) is 126 Å². The predicted octanol–water partition coefficient (Wildman–Crippen LogP) is 6.42. The van der Waals surface area contributed by atoms with Gasteiger partial charge in [-0.1, -0.05) is 98.8 Å². The summed E-state index contributed by atoms with van der Waals surface area (Å²) in [5.74, 6) is -7.46. The number of aryl methyl sites for hydroxylation is 1. The van der Waals surface area contributed by atoms with Crippen LogP contribution < -0.4 is 16.0 Å². The lowest BCUT2D eigenvalue weighted by molar-refractivity contribution is -0.165. The van der Waals surface area contributed by atoms with E-state index in [4.69, 9.17) is 9.47 Å². The highest BCUT2D eigenvalue weighted by Crippen LogP contribution is 2.33. The van der Waals surface area contributed by atoms with Crippen molar-refractivity contribution in [2.75, 3.05) is 45.7 Å². The van der Waals surface area contributed by atoms with Crippen LogP contribution in [0.3, 0.4) is 0 Å². The van der Waals surface area contributed by atoms with E-state index in [1.54, 1.807) is 86.9 Å². The summed E-state index contributed by atoms with van der Waals surface area (Å²) in [6.07, 6.45) is 3.81. The molecule has 2 saturated heterocycles. The molecule has 4 aromatic carbocycles. The number of piperidine rings is 1. The molecule has 464 valence electrons. The van der Waals surface area contributed by atoms with Gasteiger partial charge in [-0.3, -0.25) is 38.4 Å². The molecule has 3 aliphatic rings. The number of nitrogens with zero attached hydrogens (tertiary/aromatic N) is 4. The highest BCUT2D eigenvalue weighted by atomic mass is 16.5. The van der Waals surface area contributed by atoms with Crippen LogP contribution in [-0.2, 0) is 70.3 Å². The molecule has 2 fully saturated rings. The van der Waals surface area contributed by atoms with E-state index in [-0.39, 0.29) is 93.6 Å². The summed E-state index contributed by atoms with van der Waals surface area (Å²) < 4.78 is 11.7. The van der Waals surface area contributed by atoms with Crippen molar-refractivity contribution in [3.63, 3.8) is 0 Å². The normalized spacial score (nSPS) is 23.7. The summed E-state index contributed by atoms with van der Waals surface area (Å²) in [6.45, 7) is 6.69. The molecule has 0 spiro atoms. The molecule has 7 amide bonds. The minimum atomic E-state index is -1.52. The van der Waals surface area contributed by atoms with Gasteiger partial charge in [0.15, 0.2) is 11.5 Å². The number of hydrogen-bond acceptors (Lipinski definition) is 14. The summed E-state index contributed by atoms with van der Waals surface area (Å²) in [5, 5.41) is 28.7. The number of benzene rings is 4. The molecule has 0 aliphatic carbocycles. The molecule has 0 saturated carbocycles. The van der Waals surface area contributed by atoms with Crippen molar-refractivity contribution in [1.82, 2.24) is 30.2 Å². The second-order valence-electron chi connectivity index (χ2n) is 23.7. The molecule has 0 radical (unpaired) electrons. The van der Waals surface area contributed by atoms with Gasteiger partial charge in [-0.05, 0) is 124 Å². The minimum absolute atomic E-state index is 0.0314. The Balaban J connectivity index is 1.18. The molecular formula is C66H81N7O14. The van der Waals surface area contributed by atoms with Crippen LogP contribution in [0.25, 0.3) is 0 Å². The Kier molecular flexibility index (Phi) is 23.0. The Bertz CT molecular complexity index is 3170. The Morgan fingerprint density at radius 1 is 0.667 bits per heavy atom. The summed E-state index contributed by atoms with van der Waals surface area (Å²) in [7, 11) is 3.13. The zero-order valence-corrected chi connectivity index (χ0v) is 50.4. The number of aromatic hydroxyl groups is 2. The third-order valence-electron chi connectivity index (χ3n) is 16.0.